The summed E-state index contributed by atoms with van der Waals surface area (Å²) in [7, 11) is -3.72. The van der Waals surface area contributed by atoms with Crippen LogP contribution < -0.4 is 4.72 Å². The van der Waals surface area contributed by atoms with Crippen LogP contribution in [0.15, 0.2) is 45.9 Å². The maximum atomic E-state index is 12.7. The number of pyridine rings is 1. The third kappa shape index (κ3) is 3.30. The molecule has 2 aromatic rings. The summed E-state index contributed by atoms with van der Waals surface area (Å²) < 4.78 is 40.0. The van der Waals surface area contributed by atoms with E-state index in [4.69, 9.17) is 0 Å². The van der Waals surface area contributed by atoms with Gasteiger partial charge in [-0.2, -0.15) is 0 Å². The van der Waals surface area contributed by atoms with Gasteiger partial charge in [0.25, 0.3) is 10.0 Å². The average molecular weight is 345 g/mol. The van der Waals surface area contributed by atoms with E-state index in [-0.39, 0.29) is 10.7 Å². The van der Waals surface area contributed by atoms with E-state index in [0.29, 0.717) is 0 Å². The molecule has 1 heterocycles. The summed E-state index contributed by atoms with van der Waals surface area (Å²) in [4.78, 5) is 3.78. The van der Waals surface area contributed by atoms with Crippen molar-refractivity contribution < 1.29 is 12.8 Å². The highest BCUT2D eigenvalue weighted by Crippen LogP contribution is 2.21. The number of aromatic nitrogens is 1. The predicted octanol–water partition coefficient (Wildman–Crippen LogP) is 3.09. The van der Waals surface area contributed by atoms with Crippen LogP contribution in [0.1, 0.15) is 5.56 Å². The molecule has 0 aliphatic rings. The van der Waals surface area contributed by atoms with E-state index in [0.717, 1.165) is 22.3 Å². The van der Waals surface area contributed by atoms with Gasteiger partial charge >= 0.3 is 0 Å². The molecule has 0 unspecified atom stereocenters. The molecule has 100 valence electrons. The minimum Gasteiger partial charge on any atom is -0.263 e. The zero-order valence-electron chi connectivity index (χ0n) is 9.89. The van der Waals surface area contributed by atoms with Crippen LogP contribution in [0, 0.1) is 12.7 Å². The fourth-order valence-corrected chi connectivity index (χ4v) is 2.76. The third-order valence-corrected chi connectivity index (χ3v) is 4.65. The second-order valence-corrected chi connectivity index (χ2v) is 6.41. The number of anilines is 1. The molecule has 0 aliphatic carbocycles. The Kier molecular flexibility index (Phi) is 3.86. The Hall–Kier alpha value is -1.47. The summed E-state index contributed by atoms with van der Waals surface area (Å²) in [5, 5.41) is 0. The molecular weight excluding hydrogens is 335 g/mol. The summed E-state index contributed by atoms with van der Waals surface area (Å²) in [6.45, 7) is 1.79. The first-order valence-electron chi connectivity index (χ1n) is 5.29. The van der Waals surface area contributed by atoms with E-state index in [1.54, 1.807) is 13.0 Å². The quantitative estimate of drug-likeness (QED) is 0.930. The molecule has 7 heteroatoms. The molecule has 0 radical (unpaired) electrons. The van der Waals surface area contributed by atoms with Gasteiger partial charge in [0, 0.05) is 4.47 Å². The molecule has 0 fully saturated rings. The lowest BCUT2D eigenvalue weighted by molar-refractivity contribution is 0.600. The predicted molar refractivity (Wildman–Crippen MR) is 73.9 cm³/mol. The number of hydrogen-bond acceptors (Lipinski definition) is 3. The molecule has 2 rings (SSSR count). The molecule has 19 heavy (non-hydrogen) atoms. The Balaban J connectivity index is 2.32. The molecule has 0 aliphatic heterocycles. The van der Waals surface area contributed by atoms with Crippen molar-refractivity contribution in [1.82, 2.24) is 4.98 Å². The van der Waals surface area contributed by atoms with Gasteiger partial charge in [0.2, 0.25) is 0 Å². The number of sulfonamides is 1. The monoisotopic (exact) mass is 344 g/mol. The molecular formula is C12H10BrFN2O2S. The topological polar surface area (TPSA) is 59.1 Å². The first kappa shape index (κ1) is 14.0. The van der Waals surface area contributed by atoms with Gasteiger partial charge in [-0.05, 0) is 42.8 Å². The lowest BCUT2D eigenvalue weighted by Gasteiger charge is -2.08. The van der Waals surface area contributed by atoms with Crippen molar-refractivity contribution in [2.24, 2.45) is 0 Å². The van der Waals surface area contributed by atoms with Gasteiger partial charge in [-0.1, -0.05) is 15.9 Å². The number of aryl methyl sites for hydroxylation is 1. The molecule has 4 nitrogen and oxygen atoms in total. The van der Waals surface area contributed by atoms with E-state index in [1.165, 1.54) is 18.2 Å². The van der Waals surface area contributed by atoms with Crippen LogP contribution in [0.25, 0.3) is 0 Å². The summed E-state index contributed by atoms with van der Waals surface area (Å²) in [5.74, 6) is -0.454. The lowest BCUT2D eigenvalue weighted by atomic mass is 10.2. The van der Waals surface area contributed by atoms with Crippen molar-refractivity contribution >= 4 is 31.8 Å². The summed E-state index contributed by atoms with van der Waals surface area (Å²) in [6, 6.07) is 7.07. The molecule has 0 atom stereocenters. The van der Waals surface area contributed by atoms with E-state index in [1.807, 2.05) is 0 Å². The van der Waals surface area contributed by atoms with Gasteiger partial charge in [0.15, 0.2) is 0 Å². The molecule has 1 aromatic heterocycles. The average Bonchev–Trinajstić information content (AvgIpc) is 2.35. The van der Waals surface area contributed by atoms with Gasteiger partial charge in [0.1, 0.15) is 11.6 Å². The van der Waals surface area contributed by atoms with E-state index in [2.05, 4.69) is 25.6 Å². The summed E-state index contributed by atoms with van der Waals surface area (Å²) in [6.07, 6.45) is 0.949. The standard InChI is InChI=1S/C12H10BrFN2O2S/c1-8-6-10(3-4-11(8)13)19(17,18)16-12-5-2-9(14)7-15-12/h2-7H,1H3,(H,15,16). The van der Waals surface area contributed by atoms with Gasteiger partial charge in [-0.25, -0.2) is 17.8 Å². The molecule has 0 bridgehead atoms. The minimum absolute atomic E-state index is 0.0713. The number of benzene rings is 1. The molecule has 1 aromatic carbocycles. The highest BCUT2D eigenvalue weighted by Gasteiger charge is 2.15. The van der Waals surface area contributed by atoms with E-state index in [9.17, 15) is 12.8 Å². The minimum atomic E-state index is -3.72. The first-order valence-corrected chi connectivity index (χ1v) is 7.56. The van der Waals surface area contributed by atoms with Gasteiger partial charge in [-0.3, -0.25) is 4.72 Å². The van der Waals surface area contributed by atoms with Crippen LogP contribution in [-0.2, 0) is 10.0 Å². The molecule has 0 spiro atoms. The van der Waals surface area contributed by atoms with Crippen molar-refractivity contribution in [3.05, 3.63) is 52.4 Å². The second kappa shape index (κ2) is 5.26. The van der Waals surface area contributed by atoms with Crippen LogP contribution >= 0.6 is 15.9 Å². The van der Waals surface area contributed by atoms with Gasteiger partial charge in [0.05, 0.1) is 11.1 Å². The Morgan fingerprint density at radius 3 is 2.58 bits per heavy atom. The number of halogens is 2. The molecule has 0 saturated carbocycles. The summed E-state index contributed by atoms with van der Waals surface area (Å²) >= 11 is 3.30. The number of nitrogens with zero attached hydrogens (tertiary/aromatic N) is 1. The van der Waals surface area contributed by atoms with Crippen molar-refractivity contribution in [3.63, 3.8) is 0 Å². The zero-order valence-corrected chi connectivity index (χ0v) is 12.3. The third-order valence-electron chi connectivity index (χ3n) is 2.41. The van der Waals surface area contributed by atoms with Crippen LogP contribution in [0.4, 0.5) is 10.2 Å². The summed E-state index contributed by atoms with van der Waals surface area (Å²) in [5.41, 5.74) is 0.801. The van der Waals surface area contributed by atoms with Crippen molar-refractivity contribution in [1.29, 1.82) is 0 Å². The largest absolute Gasteiger partial charge is 0.263 e. The normalized spacial score (nSPS) is 11.3. The second-order valence-electron chi connectivity index (χ2n) is 3.88. The Morgan fingerprint density at radius 1 is 1.26 bits per heavy atom. The SMILES string of the molecule is Cc1cc(S(=O)(=O)Nc2ccc(F)cn2)ccc1Br. The highest BCUT2D eigenvalue weighted by atomic mass is 79.9. The number of nitrogens with one attached hydrogen (secondary N) is 1. The Morgan fingerprint density at radius 2 is 2.00 bits per heavy atom. The molecule has 0 saturated heterocycles. The molecule has 0 amide bonds. The Labute approximate surface area is 118 Å². The van der Waals surface area contributed by atoms with Crippen LogP contribution in [0.2, 0.25) is 0 Å². The van der Waals surface area contributed by atoms with Crippen LogP contribution in [0.3, 0.4) is 0 Å². The van der Waals surface area contributed by atoms with E-state index < -0.39 is 15.8 Å². The van der Waals surface area contributed by atoms with Crippen molar-refractivity contribution in [2.45, 2.75) is 11.8 Å². The highest BCUT2D eigenvalue weighted by molar-refractivity contribution is 9.10. The molecule has 1 N–H and O–H groups in total. The fourth-order valence-electron chi connectivity index (χ4n) is 1.42. The van der Waals surface area contributed by atoms with Crippen LogP contribution in [-0.4, -0.2) is 13.4 Å². The smallest absolute Gasteiger partial charge is 0.263 e. The Bertz CT molecular complexity index is 702. The zero-order chi connectivity index (χ0) is 14.0. The van der Waals surface area contributed by atoms with Gasteiger partial charge < -0.3 is 0 Å². The van der Waals surface area contributed by atoms with Gasteiger partial charge in [-0.15, -0.1) is 0 Å². The number of rotatable bonds is 3. The number of hydrogen-bond donors (Lipinski definition) is 1. The maximum absolute atomic E-state index is 12.7. The van der Waals surface area contributed by atoms with Crippen molar-refractivity contribution in [3.8, 4) is 0 Å². The fraction of sp³-hybridized carbons (Fsp3) is 0.0833. The first-order chi connectivity index (χ1) is 8.88. The lowest BCUT2D eigenvalue weighted by Crippen LogP contribution is -2.14. The van der Waals surface area contributed by atoms with E-state index >= 15 is 0 Å². The van der Waals surface area contributed by atoms with Crippen LogP contribution in [0.5, 0.6) is 0 Å². The van der Waals surface area contributed by atoms with Crippen molar-refractivity contribution in [2.75, 3.05) is 4.72 Å². The maximum Gasteiger partial charge on any atom is 0.263 e.